The molecule has 0 amide bonds. The second-order valence-corrected chi connectivity index (χ2v) is 7.95. The van der Waals surface area contributed by atoms with Crippen LogP contribution < -0.4 is 10.6 Å². The number of aryl methyl sites for hydroxylation is 1. The molecule has 1 aliphatic heterocycles. The zero-order valence-electron chi connectivity index (χ0n) is 14.0. The van der Waals surface area contributed by atoms with Crippen molar-refractivity contribution >= 4 is 22.9 Å². The smallest absolute Gasteiger partial charge is 0.0965 e. The Hall–Kier alpha value is -1.05. The Balaban J connectivity index is 1.88. The molecule has 5 nitrogen and oxygen atoms in total. The third-order valence-corrected chi connectivity index (χ3v) is 5.42. The van der Waals surface area contributed by atoms with Gasteiger partial charge in [0.1, 0.15) is 0 Å². The lowest BCUT2D eigenvalue weighted by atomic mass is 10.0. The predicted octanol–water partition coefficient (Wildman–Crippen LogP) is 2.88. The van der Waals surface area contributed by atoms with Crippen LogP contribution in [0.2, 0.25) is 4.34 Å². The first kappa shape index (κ1) is 17.8. The summed E-state index contributed by atoms with van der Waals surface area (Å²) < 4.78 is 6.47. The molecule has 7 heteroatoms. The number of thiophene rings is 1. The van der Waals surface area contributed by atoms with Gasteiger partial charge in [-0.15, -0.1) is 11.3 Å². The minimum absolute atomic E-state index is 0.115. The van der Waals surface area contributed by atoms with Crippen LogP contribution in [0.4, 0.5) is 0 Å². The number of fused-ring (bicyclic) bond motifs is 1. The first-order valence-electron chi connectivity index (χ1n) is 8.23. The van der Waals surface area contributed by atoms with Crippen molar-refractivity contribution in [2.75, 3.05) is 19.9 Å². The van der Waals surface area contributed by atoms with E-state index in [1.165, 1.54) is 10.4 Å². The molecule has 3 heterocycles. The van der Waals surface area contributed by atoms with Gasteiger partial charge in [0, 0.05) is 23.9 Å². The van der Waals surface area contributed by atoms with Gasteiger partial charge in [0.15, 0.2) is 0 Å². The van der Waals surface area contributed by atoms with E-state index in [0.29, 0.717) is 19.4 Å². The predicted molar refractivity (Wildman–Crippen MR) is 97.7 cm³/mol. The van der Waals surface area contributed by atoms with E-state index >= 15 is 0 Å². The molecule has 2 N–H and O–H groups in total. The van der Waals surface area contributed by atoms with Crippen molar-refractivity contribution in [3.05, 3.63) is 44.4 Å². The van der Waals surface area contributed by atoms with Gasteiger partial charge >= 0.3 is 0 Å². The lowest BCUT2D eigenvalue weighted by Gasteiger charge is -2.24. The lowest BCUT2D eigenvalue weighted by molar-refractivity contribution is 0.117. The van der Waals surface area contributed by atoms with Crippen molar-refractivity contribution in [1.82, 2.24) is 20.8 Å². The molecule has 0 fully saturated rings. The van der Waals surface area contributed by atoms with E-state index in [1.807, 2.05) is 13.0 Å². The molecule has 0 aliphatic carbocycles. The summed E-state index contributed by atoms with van der Waals surface area (Å²) in [6, 6.07) is 6.54. The van der Waals surface area contributed by atoms with Crippen molar-refractivity contribution in [2.45, 2.75) is 38.8 Å². The van der Waals surface area contributed by atoms with Gasteiger partial charge < -0.3 is 10.1 Å². The topological polar surface area (TPSA) is 59.1 Å². The van der Waals surface area contributed by atoms with Gasteiger partial charge in [-0.25, -0.2) is 0 Å². The number of nitrogens with one attached hydrogen (secondary N) is 2. The summed E-state index contributed by atoms with van der Waals surface area (Å²) in [6.07, 6.45) is 1.73. The van der Waals surface area contributed by atoms with Gasteiger partial charge in [0.25, 0.3) is 0 Å². The van der Waals surface area contributed by atoms with Gasteiger partial charge in [0.2, 0.25) is 0 Å². The highest BCUT2D eigenvalue weighted by atomic mass is 35.5. The van der Waals surface area contributed by atoms with E-state index in [-0.39, 0.29) is 6.04 Å². The number of rotatable bonds is 1. The molecule has 0 bridgehead atoms. The van der Waals surface area contributed by atoms with Crippen LogP contribution in [0, 0.1) is 6.92 Å². The van der Waals surface area contributed by atoms with Crippen LogP contribution in [0.1, 0.15) is 34.8 Å². The summed E-state index contributed by atoms with van der Waals surface area (Å²) in [4.78, 5) is 1.30. The maximum absolute atomic E-state index is 6.26. The number of hydrogen-bond donors (Lipinski definition) is 2. The average molecular weight is 367 g/mol. The molecular formula is C17H23ClN4OS. The average Bonchev–Trinajstić information content (AvgIpc) is 2.89. The molecule has 0 spiro atoms. The molecule has 2 unspecified atom stereocenters. The van der Waals surface area contributed by atoms with Gasteiger partial charge in [-0.2, -0.15) is 10.2 Å². The van der Waals surface area contributed by atoms with Crippen LogP contribution in [0.25, 0.3) is 0 Å². The fraction of sp³-hybridized carbons (Fsp3) is 0.529. The van der Waals surface area contributed by atoms with E-state index in [4.69, 9.17) is 16.3 Å². The molecule has 2 aromatic heterocycles. The SMILES string of the molecule is Cc1ccc(C2Cc3sc(Cl)cc3CCOCNCC(C)N2)nn1. The maximum Gasteiger partial charge on any atom is 0.0965 e. The molecule has 2 atom stereocenters. The zero-order valence-corrected chi connectivity index (χ0v) is 15.6. The van der Waals surface area contributed by atoms with Crippen LogP contribution in [0.3, 0.4) is 0 Å². The minimum Gasteiger partial charge on any atom is -0.366 e. The fourth-order valence-corrected chi connectivity index (χ4v) is 4.24. The Labute approximate surface area is 151 Å². The molecule has 1 aliphatic rings. The van der Waals surface area contributed by atoms with Gasteiger partial charge in [-0.3, -0.25) is 5.32 Å². The molecule has 0 aromatic carbocycles. The van der Waals surface area contributed by atoms with Crippen LogP contribution in [-0.4, -0.2) is 36.1 Å². The summed E-state index contributed by atoms with van der Waals surface area (Å²) in [5, 5.41) is 15.6. The quantitative estimate of drug-likeness (QED) is 0.812. The Bertz CT molecular complexity index is 661. The van der Waals surface area contributed by atoms with Crippen LogP contribution in [-0.2, 0) is 17.6 Å². The third kappa shape index (κ3) is 4.74. The maximum atomic E-state index is 6.26. The monoisotopic (exact) mass is 366 g/mol. The van der Waals surface area contributed by atoms with Crippen LogP contribution in [0.5, 0.6) is 0 Å². The Morgan fingerprint density at radius 2 is 2.21 bits per heavy atom. The molecule has 0 radical (unpaired) electrons. The summed E-state index contributed by atoms with van der Waals surface area (Å²) in [5.41, 5.74) is 3.17. The fourth-order valence-electron chi connectivity index (χ4n) is 2.85. The van der Waals surface area contributed by atoms with Crippen molar-refractivity contribution < 1.29 is 4.74 Å². The third-order valence-electron chi connectivity index (χ3n) is 4.09. The first-order chi connectivity index (χ1) is 11.6. The number of aromatic nitrogens is 2. The van der Waals surface area contributed by atoms with E-state index in [0.717, 1.165) is 35.1 Å². The largest absolute Gasteiger partial charge is 0.366 e. The van der Waals surface area contributed by atoms with Crippen molar-refractivity contribution in [2.24, 2.45) is 0 Å². The highest BCUT2D eigenvalue weighted by molar-refractivity contribution is 7.16. The first-order valence-corrected chi connectivity index (χ1v) is 9.43. The van der Waals surface area contributed by atoms with Crippen LogP contribution in [0.15, 0.2) is 18.2 Å². The van der Waals surface area contributed by atoms with Gasteiger partial charge in [0.05, 0.1) is 35.1 Å². The van der Waals surface area contributed by atoms with Gasteiger partial charge in [-0.1, -0.05) is 11.6 Å². The van der Waals surface area contributed by atoms with Gasteiger partial charge in [-0.05, 0) is 44.0 Å². The lowest BCUT2D eigenvalue weighted by Crippen LogP contribution is -2.40. The highest BCUT2D eigenvalue weighted by Gasteiger charge is 2.20. The molecular weight excluding hydrogens is 344 g/mol. The Kier molecular flexibility index (Phi) is 6.19. The van der Waals surface area contributed by atoms with E-state index in [9.17, 15) is 0 Å². The number of hydrogen-bond acceptors (Lipinski definition) is 6. The molecule has 0 saturated heterocycles. The highest BCUT2D eigenvalue weighted by Crippen LogP contribution is 2.31. The van der Waals surface area contributed by atoms with E-state index in [1.54, 1.807) is 11.3 Å². The van der Waals surface area contributed by atoms with E-state index in [2.05, 4.69) is 39.9 Å². The second kappa shape index (κ2) is 8.36. The Morgan fingerprint density at radius 3 is 3.00 bits per heavy atom. The van der Waals surface area contributed by atoms with Crippen molar-refractivity contribution in [3.63, 3.8) is 0 Å². The van der Waals surface area contributed by atoms with Crippen molar-refractivity contribution in [1.29, 1.82) is 0 Å². The molecule has 2 aromatic rings. The normalized spacial score (nSPS) is 23.1. The number of nitrogens with zero attached hydrogens (tertiary/aromatic N) is 2. The van der Waals surface area contributed by atoms with Crippen LogP contribution >= 0.6 is 22.9 Å². The molecule has 130 valence electrons. The molecule has 3 rings (SSSR count). The van der Waals surface area contributed by atoms with Crippen molar-refractivity contribution in [3.8, 4) is 0 Å². The van der Waals surface area contributed by atoms with E-state index < -0.39 is 0 Å². The summed E-state index contributed by atoms with van der Waals surface area (Å²) in [7, 11) is 0. The summed E-state index contributed by atoms with van der Waals surface area (Å²) >= 11 is 7.91. The second-order valence-electron chi connectivity index (χ2n) is 6.18. The molecule has 24 heavy (non-hydrogen) atoms. The Morgan fingerprint density at radius 1 is 1.33 bits per heavy atom. The molecule has 0 saturated carbocycles. The standard InChI is InChI=1S/C17H23ClN4OS/c1-11-3-4-14(22-21-11)15-8-16-13(7-17(18)24-16)5-6-23-10-19-9-12(2)20-15/h3-4,7,12,15,19-20H,5-6,8-10H2,1-2H3. The summed E-state index contributed by atoms with van der Waals surface area (Å²) in [6.45, 7) is 6.22. The minimum atomic E-state index is 0.115. The number of halogens is 1. The zero-order chi connectivity index (χ0) is 16.9. The number of ether oxygens (including phenoxy) is 1. The summed E-state index contributed by atoms with van der Waals surface area (Å²) in [5.74, 6) is 0.